The number of carbonyl (C=O) groups excluding carboxylic acids is 1. The maximum atomic E-state index is 9.92. The van der Waals surface area contributed by atoms with E-state index in [1.165, 1.54) is 5.56 Å². The van der Waals surface area contributed by atoms with Crippen molar-refractivity contribution in [2.24, 2.45) is 0 Å². The Morgan fingerprint density at radius 1 is 1.42 bits per heavy atom. The van der Waals surface area contributed by atoms with E-state index in [0.29, 0.717) is 13.1 Å². The number of hydrogen-bond donors (Lipinski definition) is 0. The third kappa shape index (κ3) is 2.38. The molecule has 0 N–H and O–H groups in total. The van der Waals surface area contributed by atoms with Gasteiger partial charge in [0, 0.05) is 5.92 Å². The zero-order valence-electron chi connectivity index (χ0n) is 7.07. The van der Waals surface area contributed by atoms with Crippen LogP contribution in [0.2, 0.25) is 0 Å². The van der Waals surface area contributed by atoms with Crippen molar-refractivity contribution in [3.8, 4) is 0 Å². The predicted octanol–water partition coefficient (Wildman–Crippen LogP) is 1.96. The summed E-state index contributed by atoms with van der Waals surface area (Å²) >= 11 is 0. The van der Waals surface area contributed by atoms with Crippen molar-refractivity contribution in [2.45, 2.75) is 12.8 Å². The van der Waals surface area contributed by atoms with Crippen molar-refractivity contribution in [2.75, 3.05) is 6.61 Å². The highest BCUT2D eigenvalue weighted by Crippen LogP contribution is 2.13. The van der Waals surface area contributed by atoms with E-state index in [0.717, 1.165) is 0 Å². The Bertz CT molecular complexity index is 231. The molecule has 0 aliphatic rings. The highest BCUT2D eigenvalue weighted by Gasteiger charge is 2.03. The molecule has 1 rings (SSSR count). The molecule has 1 aromatic rings. The minimum atomic E-state index is 0.274. The van der Waals surface area contributed by atoms with Gasteiger partial charge < -0.3 is 4.74 Å². The van der Waals surface area contributed by atoms with Gasteiger partial charge in [0.2, 0.25) is 0 Å². The van der Waals surface area contributed by atoms with E-state index in [1.54, 1.807) is 0 Å². The minimum absolute atomic E-state index is 0.274. The zero-order chi connectivity index (χ0) is 8.81. The van der Waals surface area contributed by atoms with Gasteiger partial charge in [-0.05, 0) is 5.56 Å². The van der Waals surface area contributed by atoms with Crippen LogP contribution < -0.4 is 0 Å². The van der Waals surface area contributed by atoms with Crippen LogP contribution in [-0.4, -0.2) is 13.1 Å². The lowest BCUT2D eigenvalue weighted by atomic mass is 10.0. The largest absolute Gasteiger partial charge is 0.467 e. The molecule has 0 unspecified atom stereocenters. The Morgan fingerprint density at radius 3 is 2.67 bits per heavy atom. The Morgan fingerprint density at radius 2 is 2.08 bits per heavy atom. The van der Waals surface area contributed by atoms with Crippen molar-refractivity contribution in [1.82, 2.24) is 0 Å². The van der Waals surface area contributed by atoms with Crippen LogP contribution in [-0.2, 0) is 9.53 Å². The molecule has 0 amide bonds. The standard InChI is InChI=1S/C10H12O2/c1-9(7-12-8-11)10-5-3-2-4-6-10/h2-6,8-9H,7H2,1H3/t9-/m1/s1. The first kappa shape index (κ1) is 8.78. The number of rotatable bonds is 4. The monoisotopic (exact) mass is 164 g/mol. The van der Waals surface area contributed by atoms with Crippen LogP contribution in [0.25, 0.3) is 0 Å². The molecule has 0 bridgehead atoms. The van der Waals surface area contributed by atoms with Gasteiger partial charge >= 0.3 is 0 Å². The summed E-state index contributed by atoms with van der Waals surface area (Å²) in [5.41, 5.74) is 1.19. The summed E-state index contributed by atoms with van der Waals surface area (Å²) in [5.74, 6) is 0.274. The van der Waals surface area contributed by atoms with Gasteiger partial charge in [-0.3, -0.25) is 4.79 Å². The molecule has 0 saturated heterocycles. The van der Waals surface area contributed by atoms with Crippen molar-refractivity contribution in [1.29, 1.82) is 0 Å². The van der Waals surface area contributed by atoms with Gasteiger partial charge in [-0.25, -0.2) is 0 Å². The first-order valence-electron chi connectivity index (χ1n) is 3.95. The maximum Gasteiger partial charge on any atom is 0.293 e. The fourth-order valence-electron chi connectivity index (χ4n) is 1.06. The highest BCUT2D eigenvalue weighted by atomic mass is 16.5. The molecule has 1 atom stereocenters. The van der Waals surface area contributed by atoms with Gasteiger partial charge in [-0.1, -0.05) is 37.3 Å². The molecular weight excluding hydrogens is 152 g/mol. The van der Waals surface area contributed by atoms with Gasteiger partial charge in [0.05, 0.1) is 6.61 Å². The lowest BCUT2D eigenvalue weighted by Gasteiger charge is -2.09. The minimum Gasteiger partial charge on any atom is -0.467 e. The van der Waals surface area contributed by atoms with E-state index >= 15 is 0 Å². The quantitative estimate of drug-likeness (QED) is 0.636. The molecule has 0 aliphatic carbocycles. The van der Waals surface area contributed by atoms with E-state index in [-0.39, 0.29) is 5.92 Å². The van der Waals surface area contributed by atoms with E-state index in [1.807, 2.05) is 37.3 Å². The van der Waals surface area contributed by atoms with Crippen LogP contribution in [0.4, 0.5) is 0 Å². The molecular formula is C10H12O2. The van der Waals surface area contributed by atoms with Gasteiger partial charge in [0.1, 0.15) is 0 Å². The first-order chi connectivity index (χ1) is 5.84. The van der Waals surface area contributed by atoms with E-state index < -0.39 is 0 Å². The normalized spacial score (nSPS) is 12.1. The molecule has 12 heavy (non-hydrogen) atoms. The van der Waals surface area contributed by atoms with Gasteiger partial charge in [-0.15, -0.1) is 0 Å². The molecule has 0 saturated carbocycles. The Balaban J connectivity index is 2.53. The molecule has 0 spiro atoms. The van der Waals surface area contributed by atoms with Crippen LogP contribution in [0.3, 0.4) is 0 Å². The molecule has 0 heterocycles. The second-order valence-electron chi connectivity index (χ2n) is 2.74. The summed E-state index contributed by atoms with van der Waals surface area (Å²) < 4.78 is 4.67. The molecule has 0 fully saturated rings. The Hall–Kier alpha value is -1.31. The van der Waals surface area contributed by atoms with E-state index in [9.17, 15) is 4.79 Å². The lowest BCUT2D eigenvalue weighted by molar-refractivity contribution is -0.129. The second kappa shape index (κ2) is 4.54. The highest BCUT2D eigenvalue weighted by molar-refractivity contribution is 5.37. The summed E-state index contributed by atoms with van der Waals surface area (Å²) in [6.45, 7) is 2.96. The van der Waals surface area contributed by atoms with Crippen LogP contribution in [0.15, 0.2) is 30.3 Å². The topological polar surface area (TPSA) is 26.3 Å². The number of carbonyl (C=O) groups is 1. The number of ether oxygens (including phenoxy) is 1. The van der Waals surface area contributed by atoms with Gasteiger partial charge in [0.15, 0.2) is 0 Å². The lowest BCUT2D eigenvalue weighted by Crippen LogP contribution is -2.02. The van der Waals surface area contributed by atoms with Gasteiger partial charge in [0.25, 0.3) is 6.47 Å². The summed E-state index contributed by atoms with van der Waals surface area (Å²) in [5, 5.41) is 0. The smallest absolute Gasteiger partial charge is 0.293 e. The second-order valence-corrected chi connectivity index (χ2v) is 2.74. The van der Waals surface area contributed by atoms with Crippen molar-refractivity contribution in [3.63, 3.8) is 0 Å². The number of hydrogen-bond acceptors (Lipinski definition) is 2. The predicted molar refractivity (Wildman–Crippen MR) is 46.9 cm³/mol. The Kier molecular flexibility index (Phi) is 3.33. The van der Waals surface area contributed by atoms with Crippen molar-refractivity contribution < 1.29 is 9.53 Å². The van der Waals surface area contributed by atoms with E-state index in [2.05, 4.69) is 4.74 Å². The van der Waals surface area contributed by atoms with E-state index in [4.69, 9.17) is 0 Å². The zero-order valence-corrected chi connectivity index (χ0v) is 7.07. The van der Waals surface area contributed by atoms with Crippen LogP contribution >= 0.6 is 0 Å². The first-order valence-corrected chi connectivity index (χ1v) is 3.95. The van der Waals surface area contributed by atoms with Crippen LogP contribution in [0.5, 0.6) is 0 Å². The fourth-order valence-corrected chi connectivity index (χ4v) is 1.06. The third-order valence-corrected chi connectivity index (χ3v) is 1.78. The van der Waals surface area contributed by atoms with Crippen molar-refractivity contribution in [3.05, 3.63) is 35.9 Å². The average molecular weight is 164 g/mol. The average Bonchev–Trinajstić information content (AvgIpc) is 2.15. The maximum absolute atomic E-state index is 9.92. The van der Waals surface area contributed by atoms with Crippen molar-refractivity contribution >= 4 is 6.47 Å². The summed E-state index contributed by atoms with van der Waals surface area (Å²) in [4.78, 5) is 9.92. The third-order valence-electron chi connectivity index (χ3n) is 1.78. The molecule has 64 valence electrons. The summed E-state index contributed by atoms with van der Waals surface area (Å²) in [6.07, 6.45) is 0. The fraction of sp³-hybridized carbons (Fsp3) is 0.300. The van der Waals surface area contributed by atoms with Crippen LogP contribution in [0, 0.1) is 0 Å². The summed E-state index contributed by atoms with van der Waals surface area (Å²) in [7, 11) is 0. The molecule has 2 heteroatoms. The summed E-state index contributed by atoms with van der Waals surface area (Å²) in [6, 6.07) is 9.98. The Labute approximate surface area is 72.2 Å². The number of benzene rings is 1. The molecule has 2 nitrogen and oxygen atoms in total. The molecule has 0 radical (unpaired) electrons. The molecule has 1 aromatic carbocycles. The van der Waals surface area contributed by atoms with Gasteiger partial charge in [-0.2, -0.15) is 0 Å². The molecule has 0 aliphatic heterocycles. The SMILES string of the molecule is C[C@H](COC=O)c1ccccc1. The van der Waals surface area contributed by atoms with Crippen LogP contribution in [0.1, 0.15) is 18.4 Å². The molecule has 0 aromatic heterocycles.